The summed E-state index contributed by atoms with van der Waals surface area (Å²) < 4.78 is 11.1. The Labute approximate surface area is 114 Å². The molecule has 0 aromatic rings. The second kappa shape index (κ2) is 4.20. The molecule has 0 amide bonds. The third-order valence-corrected chi connectivity index (χ3v) is 4.75. The standard InChI is InChI=1S/C14H23NO4/c1-12(2,3)13(4)10(18-5)15-14(11(17)19-13)7-6-9(14)8-16/h9,16H,6-8H2,1-5H3/t9-,13-,14+/m1/s1. The van der Waals surface area contributed by atoms with Gasteiger partial charge in [-0.15, -0.1) is 0 Å². The summed E-state index contributed by atoms with van der Waals surface area (Å²) in [5, 5.41) is 9.35. The van der Waals surface area contributed by atoms with E-state index < -0.39 is 11.1 Å². The van der Waals surface area contributed by atoms with Gasteiger partial charge >= 0.3 is 5.97 Å². The molecule has 0 radical (unpaired) electrons. The van der Waals surface area contributed by atoms with Crippen LogP contribution in [0.2, 0.25) is 0 Å². The first-order valence-electron chi connectivity index (χ1n) is 6.70. The fraction of sp³-hybridized carbons (Fsp3) is 0.857. The van der Waals surface area contributed by atoms with Gasteiger partial charge in [0.15, 0.2) is 11.1 Å². The van der Waals surface area contributed by atoms with Gasteiger partial charge in [0, 0.05) is 17.9 Å². The Morgan fingerprint density at radius 3 is 2.53 bits per heavy atom. The molecule has 108 valence electrons. The van der Waals surface area contributed by atoms with Gasteiger partial charge in [0.2, 0.25) is 5.90 Å². The van der Waals surface area contributed by atoms with Gasteiger partial charge in [0.1, 0.15) is 0 Å². The van der Waals surface area contributed by atoms with E-state index in [4.69, 9.17) is 9.47 Å². The van der Waals surface area contributed by atoms with Crippen LogP contribution in [-0.4, -0.2) is 41.8 Å². The first-order valence-corrected chi connectivity index (χ1v) is 6.70. The number of methoxy groups -OCH3 is 1. The monoisotopic (exact) mass is 269 g/mol. The fourth-order valence-electron chi connectivity index (χ4n) is 2.65. The topological polar surface area (TPSA) is 68.1 Å². The van der Waals surface area contributed by atoms with Crippen molar-refractivity contribution in [3.05, 3.63) is 0 Å². The zero-order chi connectivity index (χ0) is 14.5. The highest BCUT2D eigenvalue weighted by Crippen LogP contribution is 2.49. The zero-order valence-electron chi connectivity index (χ0n) is 12.3. The number of cyclic esters (lactones) is 1. The fourth-order valence-corrected chi connectivity index (χ4v) is 2.65. The Morgan fingerprint density at radius 1 is 1.53 bits per heavy atom. The predicted molar refractivity (Wildman–Crippen MR) is 70.9 cm³/mol. The summed E-state index contributed by atoms with van der Waals surface area (Å²) in [5.74, 6) is -0.0524. The molecular formula is C14H23NO4. The van der Waals surface area contributed by atoms with E-state index in [0.29, 0.717) is 12.3 Å². The quantitative estimate of drug-likeness (QED) is 0.733. The van der Waals surface area contributed by atoms with Crippen molar-refractivity contribution < 1.29 is 19.4 Å². The van der Waals surface area contributed by atoms with Crippen molar-refractivity contribution in [2.24, 2.45) is 16.3 Å². The Balaban J connectivity index is 2.47. The number of esters is 1. The first-order chi connectivity index (χ1) is 8.71. The number of carbonyl (C=O) groups is 1. The maximum atomic E-state index is 12.4. The Kier molecular flexibility index (Phi) is 3.16. The van der Waals surface area contributed by atoms with Crippen LogP contribution < -0.4 is 0 Å². The van der Waals surface area contributed by atoms with Crippen LogP contribution in [0.1, 0.15) is 40.5 Å². The largest absolute Gasteiger partial charge is 0.481 e. The summed E-state index contributed by atoms with van der Waals surface area (Å²) in [6.07, 6.45) is 1.41. The molecule has 1 aliphatic heterocycles. The molecule has 0 bridgehead atoms. The Bertz CT molecular complexity index is 424. The van der Waals surface area contributed by atoms with Gasteiger partial charge in [0.05, 0.1) is 7.11 Å². The molecule has 1 aliphatic carbocycles. The first kappa shape index (κ1) is 14.3. The van der Waals surface area contributed by atoms with Crippen LogP contribution in [0.3, 0.4) is 0 Å². The van der Waals surface area contributed by atoms with E-state index in [0.717, 1.165) is 6.42 Å². The van der Waals surface area contributed by atoms with Crippen molar-refractivity contribution in [2.45, 2.75) is 51.7 Å². The number of carbonyl (C=O) groups excluding carboxylic acids is 1. The number of aliphatic hydroxyl groups excluding tert-OH is 1. The zero-order valence-corrected chi connectivity index (χ0v) is 12.3. The van der Waals surface area contributed by atoms with Crippen molar-refractivity contribution in [1.82, 2.24) is 0 Å². The van der Waals surface area contributed by atoms with Crippen molar-refractivity contribution in [2.75, 3.05) is 13.7 Å². The van der Waals surface area contributed by atoms with Crippen LogP contribution in [0, 0.1) is 11.3 Å². The second-order valence-electron chi connectivity index (χ2n) is 6.64. The molecule has 0 aromatic carbocycles. The SMILES string of the molecule is COC1=N[C@]2(CC[C@@H]2CO)C(=O)O[C@@]1(C)C(C)(C)C. The third-order valence-electron chi connectivity index (χ3n) is 4.75. The average Bonchev–Trinajstić information content (AvgIpc) is 2.27. The molecule has 3 atom stereocenters. The van der Waals surface area contributed by atoms with Crippen LogP contribution in [-0.2, 0) is 14.3 Å². The second-order valence-corrected chi connectivity index (χ2v) is 6.64. The minimum Gasteiger partial charge on any atom is -0.481 e. The smallest absolute Gasteiger partial charge is 0.335 e. The molecular weight excluding hydrogens is 246 g/mol. The van der Waals surface area contributed by atoms with Crippen molar-refractivity contribution in [1.29, 1.82) is 0 Å². The molecule has 5 nitrogen and oxygen atoms in total. The number of hydrogen-bond acceptors (Lipinski definition) is 5. The van der Waals surface area contributed by atoms with Crippen molar-refractivity contribution >= 4 is 11.9 Å². The summed E-state index contributed by atoms with van der Waals surface area (Å²) in [6.45, 7) is 7.72. The average molecular weight is 269 g/mol. The molecule has 2 rings (SSSR count). The molecule has 2 aliphatic rings. The van der Waals surface area contributed by atoms with Crippen LogP contribution in [0.5, 0.6) is 0 Å². The van der Waals surface area contributed by atoms with Gasteiger partial charge in [-0.05, 0) is 19.8 Å². The van der Waals surface area contributed by atoms with E-state index in [2.05, 4.69) is 4.99 Å². The maximum absolute atomic E-state index is 12.4. The highest BCUT2D eigenvalue weighted by molar-refractivity contribution is 5.97. The molecule has 0 aromatic heterocycles. The summed E-state index contributed by atoms with van der Waals surface area (Å²) in [5.41, 5.74) is -2.12. The Hall–Kier alpha value is -1.10. The molecule has 1 saturated carbocycles. The van der Waals surface area contributed by atoms with E-state index in [1.807, 2.05) is 27.7 Å². The highest BCUT2D eigenvalue weighted by atomic mass is 16.6. The molecule has 1 fully saturated rings. The lowest BCUT2D eigenvalue weighted by Gasteiger charge is -2.51. The lowest BCUT2D eigenvalue weighted by Crippen LogP contribution is -2.65. The van der Waals surface area contributed by atoms with Crippen molar-refractivity contribution in [3.63, 3.8) is 0 Å². The number of hydrogen-bond donors (Lipinski definition) is 1. The molecule has 19 heavy (non-hydrogen) atoms. The minimum atomic E-state index is -0.926. The Morgan fingerprint density at radius 2 is 2.16 bits per heavy atom. The van der Waals surface area contributed by atoms with Gasteiger partial charge in [-0.2, -0.15) is 0 Å². The molecule has 0 unspecified atom stereocenters. The number of rotatable bonds is 1. The summed E-state index contributed by atoms with van der Waals surface area (Å²) >= 11 is 0. The lowest BCUT2D eigenvalue weighted by atomic mass is 9.65. The van der Waals surface area contributed by atoms with Crippen molar-refractivity contribution in [3.8, 4) is 0 Å². The highest BCUT2D eigenvalue weighted by Gasteiger charge is 2.62. The molecule has 1 N–H and O–H groups in total. The lowest BCUT2D eigenvalue weighted by molar-refractivity contribution is -0.181. The van der Waals surface area contributed by atoms with Gasteiger partial charge in [-0.1, -0.05) is 20.8 Å². The number of nitrogens with zero attached hydrogens (tertiary/aromatic N) is 1. The summed E-state index contributed by atoms with van der Waals surface area (Å²) in [7, 11) is 1.54. The molecule has 1 heterocycles. The number of aliphatic imine (C=N–C) groups is 1. The van der Waals surface area contributed by atoms with E-state index >= 15 is 0 Å². The normalized spacial score (nSPS) is 38.5. The number of aliphatic hydroxyl groups is 1. The van der Waals surface area contributed by atoms with Crippen LogP contribution >= 0.6 is 0 Å². The van der Waals surface area contributed by atoms with Crippen LogP contribution in [0.25, 0.3) is 0 Å². The molecule has 1 spiro atoms. The molecule has 5 heteroatoms. The van der Waals surface area contributed by atoms with E-state index in [1.165, 1.54) is 0 Å². The summed E-state index contributed by atoms with van der Waals surface area (Å²) in [6, 6.07) is 0. The summed E-state index contributed by atoms with van der Waals surface area (Å²) in [4.78, 5) is 16.9. The van der Waals surface area contributed by atoms with Gasteiger partial charge in [-0.3, -0.25) is 0 Å². The predicted octanol–water partition coefficient (Wildman–Crippen LogP) is 1.53. The van der Waals surface area contributed by atoms with Crippen LogP contribution in [0.15, 0.2) is 4.99 Å². The van der Waals surface area contributed by atoms with E-state index in [-0.39, 0.29) is 23.9 Å². The van der Waals surface area contributed by atoms with Gasteiger partial charge in [-0.25, -0.2) is 9.79 Å². The van der Waals surface area contributed by atoms with Crippen LogP contribution in [0.4, 0.5) is 0 Å². The van der Waals surface area contributed by atoms with Gasteiger partial charge < -0.3 is 14.6 Å². The molecule has 0 saturated heterocycles. The van der Waals surface area contributed by atoms with E-state index in [9.17, 15) is 9.90 Å². The van der Waals surface area contributed by atoms with E-state index in [1.54, 1.807) is 7.11 Å². The minimum absolute atomic E-state index is 0.0537. The number of ether oxygens (including phenoxy) is 2. The van der Waals surface area contributed by atoms with Gasteiger partial charge in [0.25, 0.3) is 0 Å². The maximum Gasteiger partial charge on any atom is 0.335 e. The third kappa shape index (κ3) is 1.78.